The lowest BCUT2D eigenvalue weighted by Crippen LogP contribution is -2.52. The van der Waals surface area contributed by atoms with E-state index in [1.165, 1.54) is 12.1 Å². The number of carbonyl (C=O) groups excluding carboxylic acids is 1. The molecule has 3 fully saturated rings. The fraction of sp³-hybridized carbons (Fsp3) is 0.471. The van der Waals surface area contributed by atoms with Gasteiger partial charge in [0.1, 0.15) is 46.6 Å². The number of nitrogen functional groups attached to an aromatic ring is 1. The van der Waals surface area contributed by atoms with Crippen molar-refractivity contribution in [2.24, 2.45) is 5.92 Å². The largest absolute Gasteiger partial charge is 0.487 e. The summed E-state index contributed by atoms with van der Waals surface area (Å²) in [5.41, 5.74) is 5.99. The van der Waals surface area contributed by atoms with Crippen molar-refractivity contribution in [2.75, 3.05) is 52.2 Å². The molecule has 2 aromatic heterocycles. The quantitative estimate of drug-likeness (QED) is 0.267. The van der Waals surface area contributed by atoms with Gasteiger partial charge < -0.3 is 34.9 Å². The maximum Gasteiger partial charge on any atom is 0.320 e. The van der Waals surface area contributed by atoms with Crippen LogP contribution in [-0.4, -0.2) is 96.6 Å². The van der Waals surface area contributed by atoms with Gasteiger partial charge in [-0.1, -0.05) is 17.7 Å². The van der Waals surface area contributed by atoms with Gasteiger partial charge in [0.25, 0.3) is 0 Å². The number of rotatable bonds is 6. The Morgan fingerprint density at radius 1 is 1.22 bits per heavy atom. The highest BCUT2D eigenvalue weighted by atomic mass is 35.5. The molecule has 4 aromatic rings. The molecule has 0 aliphatic carbocycles. The van der Waals surface area contributed by atoms with E-state index in [9.17, 15) is 10.1 Å². The van der Waals surface area contributed by atoms with Gasteiger partial charge >= 0.3 is 12.0 Å². The molecule has 262 valence electrons. The Morgan fingerprint density at radius 2 is 2.04 bits per heavy atom. The van der Waals surface area contributed by atoms with Crippen LogP contribution in [0.2, 0.25) is 5.02 Å². The number of carbonyl (C=O) groups is 1. The first-order valence-corrected chi connectivity index (χ1v) is 17.8. The molecule has 3 saturated heterocycles. The van der Waals surface area contributed by atoms with Gasteiger partial charge in [0, 0.05) is 36.0 Å². The number of thiophene rings is 1. The zero-order chi connectivity index (χ0) is 34.8. The number of hydrogen-bond acceptors (Lipinski definition) is 11. The molecule has 4 atom stereocenters. The van der Waals surface area contributed by atoms with Gasteiger partial charge in [0.2, 0.25) is 5.88 Å². The van der Waals surface area contributed by atoms with Crippen molar-refractivity contribution >= 4 is 55.0 Å². The van der Waals surface area contributed by atoms with Gasteiger partial charge in [0.05, 0.1) is 34.5 Å². The third kappa shape index (κ3) is 5.49. The number of anilines is 1. The predicted molar refractivity (Wildman–Crippen MR) is 183 cm³/mol. The number of hydrogen-bond donors (Lipinski definition) is 2. The Kier molecular flexibility index (Phi) is 8.45. The number of benzene rings is 2. The van der Waals surface area contributed by atoms with Crippen molar-refractivity contribution in [3.8, 4) is 34.8 Å². The monoisotopic (exact) mass is 725 g/mol. The molecule has 4 aliphatic rings. The van der Waals surface area contributed by atoms with Crippen molar-refractivity contribution in [1.82, 2.24) is 25.1 Å². The number of fused-ring (bicyclic) bond motifs is 1. The van der Waals surface area contributed by atoms with Crippen LogP contribution in [-0.2, 0) is 4.74 Å². The molecular weight excluding hydrogens is 692 g/mol. The summed E-state index contributed by atoms with van der Waals surface area (Å²) < 4.78 is 56.5. The number of halogens is 3. The SMILES string of the molecule is C[C@H](Oc1nc2c3c(c(Cl)c(-c4ccc(F)c5sc(N)c(C#N)c45)c(F)c3n1)OCC(C1CCN(C(=O)NC3COC3)C1)O2)[C@@H]1CCCN1C. The summed E-state index contributed by atoms with van der Waals surface area (Å²) in [5, 5.41) is 13.2. The first-order valence-electron chi connectivity index (χ1n) is 16.6. The summed E-state index contributed by atoms with van der Waals surface area (Å²) in [5.74, 6) is -1.46. The maximum atomic E-state index is 17.1. The van der Waals surface area contributed by atoms with Crippen LogP contribution >= 0.6 is 22.9 Å². The van der Waals surface area contributed by atoms with Gasteiger partial charge in [-0.3, -0.25) is 4.90 Å². The number of aromatic nitrogens is 2. The molecule has 16 heteroatoms. The molecule has 0 radical (unpaired) electrons. The summed E-state index contributed by atoms with van der Waals surface area (Å²) in [6, 6.07) is 4.43. The Hall–Kier alpha value is -4.23. The Balaban J connectivity index is 1.23. The number of ether oxygens (including phenoxy) is 4. The minimum atomic E-state index is -0.844. The van der Waals surface area contributed by atoms with E-state index in [0.717, 1.165) is 30.7 Å². The number of amides is 2. The molecule has 3 N–H and O–H groups in total. The summed E-state index contributed by atoms with van der Waals surface area (Å²) in [6.45, 7) is 4.77. The van der Waals surface area contributed by atoms with E-state index in [4.69, 9.17) is 36.3 Å². The van der Waals surface area contributed by atoms with E-state index in [1.807, 2.05) is 20.0 Å². The molecule has 4 aliphatic heterocycles. The fourth-order valence-corrected chi connectivity index (χ4v) is 8.73. The molecule has 8 rings (SSSR count). The van der Waals surface area contributed by atoms with E-state index < -0.39 is 17.7 Å². The lowest BCUT2D eigenvalue weighted by atomic mass is 9.96. The minimum absolute atomic E-state index is 0.00372. The highest BCUT2D eigenvalue weighted by Crippen LogP contribution is 2.51. The molecular formula is C34H34ClF2N7O5S. The second kappa shape index (κ2) is 12.8. The average molecular weight is 726 g/mol. The number of likely N-dealkylation sites (N-methyl/N-ethyl adjacent to an activating group) is 1. The van der Waals surface area contributed by atoms with E-state index in [0.29, 0.717) is 32.7 Å². The minimum Gasteiger partial charge on any atom is -0.487 e. The number of urea groups is 1. The van der Waals surface area contributed by atoms with Crippen molar-refractivity contribution in [3.05, 3.63) is 34.4 Å². The maximum absolute atomic E-state index is 17.1. The van der Waals surface area contributed by atoms with Crippen LogP contribution in [0.15, 0.2) is 12.1 Å². The Labute approximate surface area is 295 Å². The normalized spacial score (nSPS) is 22.9. The van der Waals surface area contributed by atoms with Crippen molar-refractivity contribution < 1.29 is 32.5 Å². The Bertz CT molecular complexity index is 2070. The standard InChI is InChI=1S/C34H34ClF2N7O5S/c1-15(21-4-3-8-43(21)2)48-33-41-28-25-29(26(35)24(27(28)37)18-5-6-20(36)30-23(18)19(10-38)31(39)50-30)47-14-22(49-32(25)42-33)16-7-9-44(11-16)34(45)40-17-12-46-13-17/h5-6,15-17,21-22H,3-4,7-9,11-14,39H2,1-2H3,(H,40,45)/t15-,16?,21-,22?/m0/s1. The van der Waals surface area contributed by atoms with Crippen LogP contribution in [0.3, 0.4) is 0 Å². The van der Waals surface area contributed by atoms with Crippen LogP contribution in [0.25, 0.3) is 32.1 Å². The van der Waals surface area contributed by atoms with Gasteiger partial charge in [0.15, 0.2) is 11.6 Å². The number of nitrogens with zero attached hydrogens (tertiary/aromatic N) is 5. The second-order valence-corrected chi connectivity index (χ2v) is 14.7. The molecule has 0 saturated carbocycles. The molecule has 0 bridgehead atoms. The van der Waals surface area contributed by atoms with Crippen LogP contribution in [0.4, 0.5) is 18.6 Å². The number of nitriles is 1. The van der Waals surface area contributed by atoms with E-state index in [1.54, 1.807) is 4.90 Å². The van der Waals surface area contributed by atoms with Crippen LogP contribution in [0.1, 0.15) is 31.7 Å². The molecule has 2 unspecified atom stereocenters. The molecule has 12 nitrogen and oxygen atoms in total. The molecule has 2 amide bonds. The van der Waals surface area contributed by atoms with E-state index >= 15 is 8.78 Å². The Morgan fingerprint density at radius 3 is 2.76 bits per heavy atom. The summed E-state index contributed by atoms with van der Waals surface area (Å²) in [4.78, 5) is 26.0. The lowest BCUT2D eigenvalue weighted by molar-refractivity contribution is -0.00187. The highest BCUT2D eigenvalue weighted by Gasteiger charge is 2.39. The average Bonchev–Trinajstić information content (AvgIpc) is 3.79. The van der Waals surface area contributed by atoms with Crippen LogP contribution < -0.4 is 25.3 Å². The number of nitrogens with two attached hydrogens (primary N) is 1. The zero-order valence-electron chi connectivity index (χ0n) is 27.3. The smallest absolute Gasteiger partial charge is 0.320 e. The second-order valence-electron chi connectivity index (χ2n) is 13.3. The summed E-state index contributed by atoms with van der Waals surface area (Å²) in [6.07, 6.45) is 1.67. The van der Waals surface area contributed by atoms with Crippen molar-refractivity contribution in [3.63, 3.8) is 0 Å². The van der Waals surface area contributed by atoms with Crippen LogP contribution in [0.5, 0.6) is 17.6 Å². The third-order valence-electron chi connectivity index (χ3n) is 10.2. The van der Waals surface area contributed by atoms with Gasteiger partial charge in [-0.2, -0.15) is 15.2 Å². The first kappa shape index (κ1) is 32.9. The topological polar surface area (TPSA) is 148 Å². The van der Waals surface area contributed by atoms with Gasteiger partial charge in [-0.25, -0.2) is 13.6 Å². The third-order valence-corrected chi connectivity index (χ3v) is 11.6. The van der Waals surface area contributed by atoms with Gasteiger partial charge in [-0.05, 0) is 51.4 Å². The number of nitrogens with one attached hydrogen (secondary N) is 1. The van der Waals surface area contributed by atoms with E-state index in [-0.39, 0.29) is 102 Å². The van der Waals surface area contributed by atoms with Crippen molar-refractivity contribution in [1.29, 1.82) is 5.26 Å². The van der Waals surface area contributed by atoms with E-state index in [2.05, 4.69) is 20.2 Å². The summed E-state index contributed by atoms with van der Waals surface area (Å²) >= 11 is 7.93. The van der Waals surface area contributed by atoms with Crippen LogP contribution in [0, 0.1) is 28.9 Å². The molecule has 0 spiro atoms. The first-order chi connectivity index (χ1) is 24.1. The highest BCUT2D eigenvalue weighted by molar-refractivity contribution is 7.23. The predicted octanol–water partition coefficient (Wildman–Crippen LogP) is 5.33. The molecule has 2 aromatic carbocycles. The van der Waals surface area contributed by atoms with Crippen molar-refractivity contribution in [2.45, 2.75) is 50.5 Å². The zero-order valence-corrected chi connectivity index (χ0v) is 28.9. The van der Waals surface area contributed by atoms with Gasteiger partial charge in [-0.15, -0.1) is 11.3 Å². The number of likely N-dealkylation sites (tertiary alicyclic amines) is 2. The lowest BCUT2D eigenvalue weighted by Gasteiger charge is -2.29. The molecule has 50 heavy (non-hydrogen) atoms. The summed E-state index contributed by atoms with van der Waals surface area (Å²) in [7, 11) is 2.03. The molecule has 6 heterocycles. The fourth-order valence-electron chi connectivity index (χ4n) is 7.45.